The summed E-state index contributed by atoms with van der Waals surface area (Å²) in [5.41, 5.74) is 0.402. The van der Waals surface area contributed by atoms with Gasteiger partial charge in [-0.25, -0.2) is 9.97 Å². The van der Waals surface area contributed by atoms with Gasteiger partial charge >= 0.3 is 0 Å². The van der Waals surface area contributed by atoms with Crippen LogP contribution in [0.4, 0.5) is 0 Å². The predicted octanol–water partition coefficient (Wildman–Crippen LogP) is 0.851. The van der Waals surface area contributed by atoms with Crippen molar-refractivity contribution in [3.63, 3.8) is 0 Å². The number of halogens is 1. The molecule has 4 nitrogen and oxygen atoms in total. The topological polar surface area (TPSA) is 58.4 Å². The van der Waals surface area contributed by atoms with Gasteiger partial charge in [0.2, 0.25) is 0 Å². The van der Waals surface area contributed by atoms with E-state index < -0.39 is 0 Å². The maximum atomic E-state index is 8.18. The average molecular weight is 158 g/mol. The maximum Gasteiger partial charge on any atom is 0.193 e. The van der Waals surface area contributed by atoms with Gasteiger partial charge < -0.3 is 5.21 Å². The molecule has 1 aromatic heterocycles. The van der Waals surface area contributed by atoms with Crippen LogP contribution in [0.1, 0.15) is 5.69 Å². The molecule has 0 fully saturated rings. The number of aromatic nitrogens is 2. The van der Waals surface area contributed by atoms with Gasteiger partial charge in [-0.15, -0.1) is 0 Å². The Morgan fingerprint density at radius 2 is 2.50 bits per heavy atom. The molecular weight excluding hydrogens is 154 g/mol. The van der Waals surface area contributed by atoms with Gasteiger partial charge in [-0.1, -0.05) is 16.8 Å². The summed E-state index contributed by atoms with van der Waals surface area (Å²) in [5.74, 6) is 0. The molecule has 52 valence electrons. The summed E-state index contributed by atoms with van der Waals surface area (Å²) in [6.45, 7) is 0. The van der Waals surface area contributed by atoms with E-state index in [0.29, 0.717) is 5.69 Å². The van der Waals surface area contributed by atoms with Crippen molar-refractivity contribution in [2.24, 2.45) is 5.16 Å². The quantitative estimate of drug-likeness (QED) is 0.374. The molecule has 0 aliphatic heterocycles. The normalized spacial score (nSPS) is 11.5. The van der Waals surface area contributed by atoms with Gasteiger partial charge in [0.15, 0.2) is 5.17 Å². The van der Waals surface area contributed by atoms with Crippen LogP contribution in [0.2, 0.25) is 0 Å². The van der Waals surface area contributed by atoms with Crippen LogP contribution in [-0.2, 0) is 0 Å². The third kappa shape index (κ3) is 1.41. The van der Waals surface area contributed by atoms with Crippen LogP contribution in [0.25, 0.3) is 0 Å². The zero-order chi connectivity index (χ0) is 7.40. The first-order valence-corrected chi connectivity index (χ1v) is 2.86. The predicted molar refractivity (Wildman–Crippen MR) is 36.2 cm³/mol. The Balaban J connectivity index is 2.96. The third-order valence-corrected chi connectivity index (χ3v) is 1.15. The molecule has 0 amide bonds. The summed E-state index contributed by atoms with van der Waals surface area (Å²) >= 11 is 5.40. The molecule has 1 N–H and O–H groups in total. The van der Waals surface area contributed by atoms with Gasteiger partial charge in [-0.3, -0.25) is 0 Å². The number of nitrogens with zero attached hydrogens (tertiary/aromatic N) is 3. The molecule has 1 rings (SSSR count). The van der Waals surface area contributed by atoms with E-state index in [4.69, 9.17) is 16.8 Å². The molecule has 1 heterocycles. The highest BCUT2D eigenvalue weighted by Gasteiger charge is 1.98. The lowest BCUT2D eigenvalue weighted by Crippen LogP contribution is -1.94. The Bertz CT molecular complexity index is 236. The minimum atomic E-state index is -0.0394. The third-order valence-electron chi connectivity index (χ3n) is 0.881. The zero-order valence-corrected chi connectivity index (χ0v) is 5.65. The van der Waals surface area contributed by atoms with Crippen molar-refractivity contribution in [1.29, 1.82) is 0 Å². The molecule has 0 saturated carbocycles. The molecule has 10 heavy (non-hydrogen) atoms. The van der Waals surface area contributed by atoms with E-state index in [1.54, 1.807) is 6.07 Å². The van der Waals surface area contributed by atoms with E-state index in [9.17, 15) is 0 Å². The van der Waals surface area contributed by atoms with Gasteiger partial charge in [0.25, 0.3) is 0 Å². The van der Waals surface area contributed by atoms with E-state index in [-0.39, 0.29) is 5.17 Å². The van der Waals surface area contributed by atoms with Crippen molar-refractivity contribution in [1.82, 2.24) is 9.97 Å². The summed E-state index contributed by atoms with van der Waals surface area (Å²) in [5, 5.41) is 10.9. The Hall–Kier alpha value is -1.16. The number of rotatable bonds is 1. The van der Waals surface area contributed by atoms with Crippen LogP contribution in [0.5, 0.6) is 0 Å². The van der Waals surface area contributed by atoms with Crippen LogP contribution < -0.4 is 0 Å². The monoisotopic (exact) mass is 157 g/mol. The Morgan fingerprint density at radius 1 is 1.70 bits per heavy atom. The van der Waals surface area contributed by atoms with Gasteiger partial charge in [0.05, 0.1) is 0 Å². The molecule has 0 bridgehead atoms. The van der Waals surface area contributed by atoms with E-state index in [1.807, 2.05) is 0 Å². The number of oxime groups is 1. The molecule has 5 heteroatoms. The maximum absolute atomic E-state index is 8.18. The smallest absolute Gasteiger partial charge is 0.193 e. The second-order valence-corrected chi connectivity index (χ2v) is 1.84. The number of hydrogen-bond donors (Lipinski definition) is 1. The van der Waals surface area contributed by atoms with Crippen LogP contribution in [0.3, 0.4) is 0 Å². The molecule has 0 aliphatic carbocycles. The molecule has 0 aliphatic rings. The van der Waals surface area contributed by atoms with E-state index in [0.717, 1.165) is 0 Å². The molecule has 0 saturated heterocycles. The minimum Gasteiger partial charge on any atom is -0.410 e. The summed E-state index contributed by atoms with van der Waals surface area (Å²) < 4.78 is 0. The van der Waals surface area contributed by atoms with Crippen molar-refractivity contribution >= 4 is 16.8 Å². The summed E-state index contributed by atoms with van der Waals surface area (Å²) in [4.78, 5) is 7.37. The standard InChI is InChI=1S/C5H4ClN3O/c6-5(9-10)4-1-2-7-3-8-4/h1-3,10H/b9-5-. The Labute approximate surface area is 62.2 Å². The largest absolute Gasteiger partial charge is 0.410 e. The lowest BCUT2D eigenvalue weighted by Gasteiger charge is -1.90. The molecule has 0 spiro atoms. The van der Waals surface area contributed by atoms with E-state index in [2.05, 4.69) is 15.1 Å². The van der Waals surface area contributed by atoms with Crippen LogP contribution in [-0.4, -0.2) is 20.3 Å². The molecule has 0 aromatic carbocycles. The van der Waals surface area contributed by atoms with Crippen molar-refractivity contribution in [3.05, 3.63) is 24.3 Å². The molecule has 0 atom stereocenters. The van der Waals surface area contributed by atoms with Crippen LogP contribution >= 0.6 is 11.6 Å². The zero-order valence-electron chi connectivity index (χ0n) is 4.90. The first kappa shape index (κ1) is 6.95. The average Bonchev–Trinajstić information content (AvgIpc) is 2.05. The minimum absolute atomic E-state index is 0.0394. The van der Waals surface area contributed by atoms with E-state index >= 15 is 0 Å². The van der Waals surface area contributed by atoms with Gasteiger partial charge in [0, 0.05) is 6.20 Å². The lowest BCUT2D eigenvalue weighted by molar-refractivity contribution is 0.320. The molecule has 1 aromatic rings. The fourth-order valence-corrected chi connectivity index (χ4v) is 0.576. The molecular formula is C5H4ClN3O. The number of hydrogen-bond acceptors (Lipinski definition) is 4. The van der Waals surface area contributed by atoms with Crippen molar-refractivity contribution < 1.29 is 5.21 Å². The molecule has 0 unspecified atom stereocenters. The highest BCUT2D eigenvalue weighted by molar-refractivity contribution is 6.69. The first-order chi connectivity index (χ1) is 4.84. The Kier molecular flexibility index (Phi) is 2.17. The van der Waals surface area contributed by atoms with E-state index in [1.165, 1.54) is 12.5 Å². The van der Waals surface area contributed by atoms with Crippen molar-refractivity contribution in [2.75, 3.05) is 0 Å². The lowest BCUT2D eigenvalue weighted by atomic mass is 10.4. The summed E-state index contributed by atoms with van der Waals surface area (Å²) in [7, 11) is 0. The van der Waals surface area contributed by atoms with Gasteiger partial charge in [-0.2, -0.15) is 0 Å². The summed E-state index contributed by atoms with van der Waals surface area (Å²) in [6, 6.07) is 1.54. The van der Waals surface area contributed by atoms with Gasteiger partial charge in [0.1, 0.15) is 12.0 Å². The van der Waals surface area contributed by atoms with Gasteiger partial charge in [-0.05, 0) is 6.07 Å². The fourth-order valence-electron chi connectivity index (χ4n) is 0.464. The van der Waals surface area contributed by atoms with Crippen LogP contribution in [0, 0.1) is 0 Å². The SMILES string of the molecule is O/N=C(\Cl)c1ccncn1. The second kappa shape index (κ2) is 3.12. The highest BCUT2D eigenvalue weighted by atomic mass is 35.5. The second-order valence-electron chi connectivity index (χ2n) is 1.49. The van der Waals surface area contributed by atoms with Crippen LogP contribution in [0.15, 0.2) is 23.7 Å². The highest BCUT2D eigenvalue weighted by Crippen LogP contribution is 1.97. The fraction of sp³-hybridized carbons (Fsp3) is 0. The van der Waals surface area contributed by atoms with Crippen molar-refractivity contribution in [2.45, 2.75) is 0 Å². The molecule has 0 radical (unpaired) electrons. The van der Waals surface area contributed by atoms with Crippen molar-refractivity contribution in [3.8, 4) is 0 Å². The summed E-state index contributed by atoms with van der Waals surface area (Å²) in [6.07, 6.45) is 2.83. The first-order valence-electron chi connectivity index (χ1n) is 2.48. The Morgan fingerprint density at radius 3 is 3.00 bits per heavy atom.